The Labute approximate surface area is 222 Å². The van der Waals surface area contributed by atoms with Gasteiger partial charge in [-0.2, -0.15) is 0 Å². The third-order valence-electron chi connectivity index (χ3n) is 8.01. The highest BCUT2D eigenvalue weighted by atomic mass is 16.5. The van der Waals surface area contributed by atoms with E-state index in [0.29, 0.717) is 6.42 Å². The van der Waals surface area contributed by atoms with Gasteiger partial charge in [0, 0.05) is 30.3 Å². The van der Waals surface area contributed by atoms with E-state index in [1.807, 2.05) is 0 Å². The molecule has 0 amide bonds. The summed E-state index contributed by atoms with van der Waals surface area (Å²) in [6.45, 7) is 20.0. The third-order valence-corrected chi connectivity index (χ3v) is 8.01. The van der Waals surface area contributed by atoms with E-state index in [4.69, 9.17) is 9.47 Å². The van der Waals surface area contributed by atoms with Gasteiger partial charge in [-0.05, 0) is 77.0 Å². The summed E-state index contributed by atoms with van der Waals surface area (Å²) >= 11 is 0. The molecule has 2 fully saturated rings. The van der Waals surface area contributed by atoms with Crippen molar-refractivity contribution < 1.29 is 19.1 Å². The van der Waals surface area contributed by atoms with Crippen LogP contribution in [-0.4, -0.2) is 35.2 Å². The molecule has 0 aromatic heterocycles. The average Bonchev–Trinajstić information content (AvgIpc) is 2.64. The summed E-state index contributed by atoms with van der Waals surface area (Å²) in [4.78, 5) is 25.2. The molecule has 0 spiro atoms. The van der Waals surface area contributed by atoms with Crippen LogP contribution in [-0.2, 0) is 19.1 Å². The molecule has 1 aliphatic heterocycles. The molecule has 36 heavy (non-hydrogen) atoms. The fourth-order valence-corrected chi connectivity index (χ4v) is 7.32. The SMILES string of the molecule is CCC(CCCCCCCC(=O)OC1CC(C)(C)NC(C)(C)C1)C(=O)OC1CC(C)(C)CC(C)(C)C1. The Morgan fingerprint density at radius 3 is 1.81 bits per heavy atom. The summed E-state index contributed by atoms with van der Waals surface area (Å²) in [6, 6.07) is 0. The van der Waals surface area contributed by atoms with Gasteiger partial charge in [0.05, 0.1) is 5.92 Å². The molecule has 2 rings (SSSR count). The van der Waals surface area contributed by atoms with Crippen LogP contribution in [0.15, 0.2) is 0 Å². The van der Waals surface area contributed by atoms with Gasteiger partial charge in [0.2, 0.25) is 0 Å². The molecule has 2 aliphatic rings. The van der Waals surface area contributed by atoms with Gasteiger partial charge in [-0.1, -0.05) is 60.3 Å². The molecule has 0 bridgehead atoms. The summed E-state index contributed by atoms with van der Waals surface area (Å²) in [5.41, 5.74) is 0.418. The molecule has 1 aliphatic carbocycles. The lowest BCUT2D eigenvalue weighted by molar-refractivity contribution is -0.161. The predicted octanol–water partition coefficient (Wildman–Crippen LogP) is 7.74. The van der Waals surface area contributed by atoms with Crippen molar-refractivity contribution in [1.29, 1.82) is 0 Å². The Morgan fingerprint density at radius 1 is 0.750 bits per heavy atom. The molecule has 1 N–H and O–H groups in total. The van der Waals surface area contributed by atoms with E-state index in [1.54, 1.807) is 0 Å². The lowest BCUT2D eigenvalue weighted by Crippen LogP contribution is -2.59. The molecule has 0 aromatic carbocycles. The summed E-state index contributed by atoms with van der Waals surface area (Å²) in [5.74, 6) is -0.0500. The first-order valence-electron chi connectivity index (χ1n) is 14.7. The van der Waals surface area contributed by atoms with Crippen LogP contribution >= 0.6 is 0 Å². The number of esters is 2. The van der Waals surface area contributed by atoms with Gasteiger partial charge < -0.3 is 14.8 Å². The molecule has 210 valence electrons. The monoisotopic (exact) mass is 507 g/mol. The molecule has 0 radical (unpaired) electrons. The lowest BCUT2D eigenvalue weighted by Gasteiger charge is -2.45. The molecule has 5 nitrogen and oxygen atoms in total. The summed E-state index contributed by atoms with van der Waals surface area (Å²) in [6.07, 6.45) is 12.3. The minimum absolute atomic E-state index is 0.000220. The van der Waals surface area contributed by atoms with E-state index in [2.05, 4.69) is 67.6 Å². The van der Waals surface area contributed by atoms with Crippen molar-refractivity contribution in [1.82, 2.24) is 5.32 Å². The van der Waals surface area contributed by atoms with E-state index in [-0.39, 0.29) is 52.0 Å². The second-order valence-electron chi connectivity index (χ2n) is 14.8. The minimum Gasteiger partial charge on any atom is -0.462 e. The first-order valence-corrected chi connectivity index (χ1v) is 14.7. The lowest BCUT2D eigenvalue weighted by atomic mass is 9.64. The van der Waals surface area contributed by atoms with Gasteiger partial charge >= 0.3 is 11.9 Å². The number of carbonyl (C=O) groups excluding carboxylic acids is 2. The summed E-state index contributed by atoms with van der Waals surface area (Å²) in [7, 11) is 0. The van der Waals surface area contributed by atoms with Crippen LogP contribution in [0.2, 0.25) is 0 Å². The van der Waals surface area contributed by atoms with Crippen molar-refractivity contribution in [3.05, 3.63) is 0 Å². The topological polar surface area (TPSA) is 64.6 Å². The highest BCUT2D eigenvalue weighted by molar-refractivity contribution is 5.72. The molecular weight excluding hydrogens is 450 g/mol. The van der Waals surface area contributed by atoms with Crippen LogP contribution in [0, 0.1) is 16.7 Å². The Morgan fingerprint density at radius 2 is 1.25 bits per heavy atom. The van der Waals surface area contributed by atoms with Crippen LogP contribution in [0.1, 0.15) is 146 Å². The van der Waals surface area contributed by atoms with E-state index in [0.717, 1.165) is 70.6 Å². The second-order valence-corrected chi connectivity index (χ2v) is 14.8. The van der Waals surface area contributed by atoms with Crippen molar-refractivity contribution in [3.8, 4) is 0 Å². The molecule has 5 heteroatoms. The van der Waals surface area contributed by atoms with Crippen LogP contribution in [0.25, 0.3) is 0 Å². The fourth-order valence-electron chi connectivity index (χ4n) is 7.32. The number of carbonyl (C=O) groups is 2. The minimum atomic E-state index is -0.0589. The number of rotatable bonds is 12. The van der Waals surface area contributed by atoms with Crippen LogP contribution < -0.4 is 5.32 Å². The predicted molar refractivity (Wildman–Crippen MR) is 148 cm³/mol. The van der Waals surface area contributed by atoms with Crippen molar-refractivity contribution >= 4 is 11.9 Å². The zero-order valence-corrected chi connectivity index (χ0v) is 25.1. The zero-order valence-electron chi connectivity index (χ0n) is 25.1. The highest BCUT2D eigenvalue weighted by Gasteiger charge is 2.41. The zero-order chi connectivity index (χ0) is 27.2. The van der Waals surface area contributed by atoms with E-state index >= 15 is 0 Å². The van der Waals surface area contributed by atoms with E-state index in [1.165, 1.54) is 6.42 Å². The first-order chi connectivity index (χ1) is 16.5. The van der Waals surface area contributed by atoms with Gasteiger partial charge in [-0.25, -0.2) is 0 Å². The number of ether oxygens (including phenoxy) is 2. The smallest absolute Gasteiger partial charge is 0.309 e. The quantitative estimate of drug-likeness (QED) is 0.216. The Hall–Kier alpha value is -1.10. The van der Waals surface area contributed by atoms with Gasteiger partial charge in [0.1, 0.15) is 12.2 Å². The van der Waals surface area contributed by atoms with Gasteiger partial charge in [0.15, 0.2) is 0 Å². The fraction of sp³-hybridized carbons (Fsp3) is 0.935. The maximum atomic E-state index is 12.9. The Kier molecular flexibility index (Phi) is 10.9. The molecule has 1 unspecified atom stereocenters. The molecule has 1 atom stereocenters. The number of piperidine rings is 1. The average molecular weight is 508 g/mol. The van der Waals surface area contributed by atoms with Crippen molar-refractivity contribution in [2.24, 2.45) is 16.7 Å². The first kappa shape index (κ1) is 31.1. The van der Waals surface area contributed by atoms with Crippen molar-refractivity contribution in [2.75, 3.05) is 0 Å². The maximum Gasteiger partial charge on any atom is 0.309 e. The number of unbranched alkanes of at least 4 members (excludes halogenated alkanes) is 4. The van der Waals surface area contributed by atoms with Crippen LogP contribution in [0.3, 0.4) is 0 Å². The summed E-state index contributed by atoms with van der Waals surface area (Å²) in [5, 5.41) is 3.63. The van der Waals surface area contributed by atoms with E-state index < -0.39 is 0 Å². The summed E-state index contributed by atoms with van der Waals surface area (Å²) < 4.78 is 11.9. The molecule has 1 saturated carbocycles. The normalized spacial score (nSPS) is 24.1. The largest absolute Gasteiger partial charge is 0.462 e. The molecular formula is C31H57NO4. The van der Waals surface area contributed by atoms with Gasteiger partial charge in [0.25, 0.3) is 0 Å². The molecule has 1 saturated heterocycles. The Balaban J connectivity index is 1.60. The number of hydrogen-bond acceptors (Lipinski definition) is 5. The van der Waals surface area contributed by atoms with E-state index in [9.17, 15) is 9.59 Å². The maximum absolute atomic E-state index is 12.9. The number of nitrogens with one attached hydrogen (secondary N) is 1. The van der Waals surface area contributed by atoms with Crippen molar-refractivity contribution in [3.63, 3.8) is 0 Å². The van der Waals surface area contributed by atoms with Crippen molar-refractivity contribution in [2.45, 2.75) is 169 Å². The van der Waals surface area contributed by atoms with Gasteiger partial charge in [-0.15, -0.1) is 0 Å². The highest BCUT2D eigenvalue weighted by Crippen LogP contribution is 2.46. The Bertz CT molecular complexity index is 692. The molecule has 1 heterocycles. The van der Waals surface area contributed by atoms with Crippen LogP contribution in [0.5, 0.6) is 0 Å². The number of hydrogen-bond donors (Lipinski definition) is 1. The van der Waals surface area contributed by atoms with Gasteiger partial charge in [-0.3, -0.25) is 9.59 Å². The third kappa shape index (κ3) is 11.1. The molecule has 0 aromatic rings. The standard InChI is InChI=1S/C31H57NO4/c1-10-23(27(34)36-24-18-28(2,3)22-29(4,5)19-24)16-14-12-11-13-15-17-26(33)35-25-20-30(6,7)32-31(8,9)21-25/h23-25,32H,10-22H2,1-9H3. The second kappa shape index (κ2) is 12.6. The van der Waals surface area contributed by atoms with Crippen LogP contribution in [0.4, 0.5) is 0 Å².